The molecule has 0 saturated carbocycles. The highest BCUT2D eigenvalue weighted by atomic mass is 32.2. The van der Waals surface area contributed by atoms with Crippen LogP contribution in [0.3, 0.4) is 0 Å². The van der Waals surface area contributed by atoms with Gasteiger partial charge < -0.3 is 15.3 Å². The number of carbonyl (C=O) groups is 2. The first kappa shape index (κ1) is 17.7. The van der Waals surface area contributed by atoms with E-state index in [2.05, 4.69) is 5.32 Å². The minimum Gasteiger partial charge on any atom is -0.481 e. The third-order valence-electron chi connectivity index (χ3n) is 3.59. The molecule has 2 amide bonds. The normalized spacial score (nSPS) is 18.3. The van der Waals surface area contributed by atoms with Gasteiger partial charge in [0.2, 0.25) is 0 Å². The number of carbonyl (C=O) groups excluding carboxylic acids is 1. The van der Waals surface area contributed by atoms with Crippen LogP contribution in [-0.2, 0) is 14.6 Å². The molecule has 0 aromatic rings. The van der Waals surface area contributed by atoms with Gasteiger partial charge in [-0.1, -0.05) is 0 Å². The predicted molar refractivity (Wildman–Crippen MR) is 78.9 cm³/mol. The Labute approximate surface area is 125 Å². The molecule has 0 aromatic carbocycles. The largest absolute Gasteiger partial charge is 0.481 e. The Hall–Kier alpha value is -1.31. The Balaban J connectivity index is 2.33. The van der Waals surface area contributed by atoms with E-state index in [1.54, 1.807) is 11.8 Å². The number of likely N-dealkylation sites (tertiary alicyclic amines) is 1. The second-order valence-electron chi connectivity index (χ2n) is 5.81. The summed E-state index contributed by atoms with van der Waals surface area (Å²) in [4.78, 5) is 24.2. The molecule has 2 N–H and O–H groups in total. The quantitative estimate of drug-likeness (QED) is 0.750. The zero-order valence-corrected chi connectivity index (χ0v) is 13.4. The van der Waals surface area contributed by atoms with Crippen molar-refractivity contribution >= 4 is 21.8 Å². The lowest BCUT2D eigenvalue weighted by molar-refractivity contribution is -0.137. The Kier molecular flexibility index (Phi) is 6.44. The molecule has 1 aliphatic heterocycles. The topological polar surface area (TPSA) is 104 Å². The molecule has 0 aromatic heterocycles. The molecule has 1 heterocycles. The van der Waals surface area contributed by atoms with Crippen LogP contribution < -0.4 is 5.32 Å². The molecule has 0 spiro atoms. The number of nitrogens with zero attached hydrogens (tertiary/aromatic N) is 1. The van der Waals surface area contributed by atoms with Crippen LogP contribution in [0.15, 0.2) is 0 Å². The zero-order chi connectivity index (χ0) is 16.0. The maximum Gasteiger partial charge on any atom is 0.317 e. The molecule has 0 radical (unpaired) electrons. The second kappa shape index (κ2) is 7.63. The van der Waals surface area contributed by atoms with Crippen LogP contribution in [0.2, 0.25) is 0 Å². The fourth-order valence-corrected chi connectivity index (χ4v) is 3.54. The van der Waals surface area contributed by atoms with Crippen molar-refractivity contribution in [3.8, 4) is 0 Å². The summed E-state index contributed by atoms with van der Waals surface area (Å²) in [5.41, 5.74) is 0. The summed E-state index contributed by atoms with van der Waals surface area (Å²) in [5, 5.41) is 11.3. The molecule has 1 aliphatic rings. The van der Waals surface area contributed by atoms with E-state index in [9.17, 15) is 18.0 Å². The molecule has 1 saturated heterocycles. The number of urea groups is 1. The van der Waals surface area contributed by atoms with Gasteiger partial charge in [-0.25, -0.2) is 13.2 Å². The number of hydrogen-bond donors (Lipinski definition) is 2. The number of aliphatic carboxylic acids is 1. The minimum atomic E-state index is -3.11. The highest BCUT2D eigenvalue weighted by molar-refractivity contribution is 7.90. The SMILES string of the molecule is CC(CS(C)(=O)=O)NC(=O)N1CCC(CCC(=O)O)CC1. The Morgan fingerprint density at radius 1 is 1.33 bits per heavy atom. The minimum absolute atomic E-state index is 0.0756. The Morgan fingerprint density at radius 3 is 2.38 bits per heavy atom. The number of amides is 2. The van der Waals surface area contributed by atoms with Crippen LogP contribution in [0.25, 0.3) is 0 Å². The van der Waals surface area contributed by atoms with E-state index < -0.39 is 21.8 Å². The first-order chi connectivity index (χ1) is 9.67. The van der Waals surface area contributed by atoms with Gasteiger partial charge >= 0.3 is 12.0 Å². The number of rotatable bonds is 6. The lowest BCUT2D eigenvalue weighted by Crippen LogP contribution is -2.48. The summed E-state index contributed by atoms with van der Waals surface area (Å²) in [6.07, 6.45) is 3.55. The van der Waals surface area contributed by atoms with E-state index in [0.29, 0.717) is 25.4 Å². The number of piperidine rings is 1. The van der Waals surface area contributed by atoms with Crippen molar-refractivity contribution in [1.82, 2.24) is 10.2 Å². The van der Waals surface area contributed by atoms with E-state index in [4.69, 9.17) is 5.11 Å². The first-order valence-corrected chi connectivity index (χ1v) is 9.18. The van der Waals surface area contributed by atoms with Gasteiger partial charge in [0.25, 0.3) is 0 Å². The summed E-state index contributed by atoms with van der Waals surface area (Å²) >= 11 is 0. The second-order valence-corrected chi connectivity index (χ2v) is 7.99. The highest BCUT2D eigenvalue weighted by Gasteiger charge is 2.24. The molecule has 1 rings (SSSR count). The number of hydrogen-bond acceptors (Lipinski definition) is 4. The number of sulfone groups is 1. The summed E-state index contributed by atoms with van der Waals surface area (Å²) in [7, 11) is -3.11. The predicted octanol–water partition coefficient (Wildman–Crippen LogP) is 0.706. The lowest BCUT2D eigenvalue weighted by atomic mass is 9.92. The average molecular weight is 320 g/mol. The van der Waals surface area contributed by atoms with Gasteiger partial charge in [0.15, 0.2) is 0 Å². The van der Waals surface area contributed by atoms with Crippen molar-refractivity contribution < 1.29 is 23.1 Å². The van der Waals surface area contributed by atoms with E-state index >= 15 is 0 Å². The zero-order valence-electron chi connectivity index (χ0n) is 12.5. The van der Waals surface area contributed by atoms with Crippen molar-refractivity contribution in [2.24, 2.45) is 5.92 Å². The van der Waals surface area contributed by atoms with Gasteiger partial charge in [0.1, 0.15) is 9.84 Å². The molecule has 0 bridgehead atoms. The Morgan fingerprint density at radius 2 is 1.90 bits per heavy atom. The van der Waals surface area contributed by atoms with E-state index in [1.165, 1.54) is 0 Å². The standard InChI is InChI=1S/C13H24N2O5S/c1-10(9-21(2,19)20)14-13(18)15-7-5-11(6-8-15)3-4-12(16)17/h10-11H,3-9H2,1-2H3,(H,14,18)(H,16,17). The molecular formula is C13H24N2O5S. The molecule has 7 nitrogen and oxygen atoms in total. The van der Waals surface area contributed by atoms with Gasteiger partial charge in [-0.3, -0.25) is 4.79 Å². The van der Waals surface area contributed by atoms with Crippen molar-refractivity contribution in [1.29, 1.82) is 0 Å². The molecule has 1 unspecified atom stereocenters. The number of carboxylic acids is 1. The van der Waals surface area contributed by atoms with Crippen molar-refractivity contribution in [3.05, 3.63) is 0 Å². The van der Waals surface area contributed by atoms with Crippen LogP contribution in [0.1, 0.15) is 32.6 Å². The molecule has 8 heteroatoms. The summed E-state index contributed by atoms with van der Waals surface area (Å²) in [6.45, 7) is 2.84. The van der Waals surface area contributed by atoms with Crippen LogP contribution in [0, 0.1) is 5.92 Å². The van der Waals surface area contributed by atoms with Crippen LogP contribution in [-0.4, -0.2) is 61.6 Å². The lowest BCUT2D eigenvalue weighted by Gasteiger charge is -2.32. The molecular weight excluding hydrogens is 296 g/mol. The third-order valence-corrected chi connectivity index (χ3v) is 4.70. The third kappa shape index (κ3) is 7.31. The highest BCUT2D eigenvalue weighted by Crippen LogP contribution is 2.21. The first-order valence-electron chi connectivity index (χ1n) is 7.12. The van der Waals surface area contributed by atoms with Gasteiger partial charge in [-0.15, -0.1) is 0 Å². The van der Waals surface area contributed by atoms with Gasteiger partial charge in [0, 0.05) is 31.8 Å². The molecule has 1 fully saturated rings. The van der Waals surface area contributed by atoms with Crippen LogP contribution in [0.4, 0.5) is 4.79 Å². The van der Waals surface area contributed by atoms with Gasteiger partial charge in [-0.05, 0) is 32.1 Å². The smallest absolute Gasteiger partial charge is 0.317 e. The fourth-order valence-electron chi connectivity index (χ4n) is 2.55. The summed E-state index contributed by atoms with van der Waals surface area (Å²) in [5.74, 6) is -0.517. The van der Waals surface area contributed by atoms with Crippen LogP contribution in [0.5, 0.6) is 0 Å². The van der Waals surface area contributed by atoms with E-state index in [1.807, 2.05) is 0 Å². The van der Waals surface area contributed by atoms with E-state index in [0.717, 1.165) is 19.1 Å². The van der Waals surface area contributed by atoms with Crippen molar-refractivity contribution in [2.45, 2.75) is 38.6 Å². The molecule has 21 heavy (non-hydrogen) atoms. The Bertz CT molecular complexity index is 469. The van der Waals surface area contributed by atoms with Crippen molar-refractivity contribution in [3.63, 3.8) is 0 Å². The molecule has 0 aliphatic carbocycles. The number of nitrogens with one attached hydrogen (secondary N) is 1. The van der Waals surface area contributed by atoms with Crippen LogP contribution >= 0.6 is 0 Å². The monoisotopic (exact) mass is 320 g/mol. The van der Waals surface area contributed by atoms with Crippen molar-refractivity contribution in [2.75, 3.05) is 25.1 Å². The fraction of sp³-hybridized carbons (Fsp3) is 0.846. The molecule has 122 valence electrons. The maximum atomic E-state index is 12.0. The van der Waals surface area contributed by atoms with Gasteiger partial charge in [-0.2, -0.15) is 0 Å². The van der Waals surface area contributed by atoms with Gasteiger partial charge in [0.05, 0.1) is 5.75 Å². The molecule has 1 atom stereocenters. The summed E-state index contributed by atoms with van der Waals surface area (Å²) < 4.78 is 22.3. The van der Waals surface area contributed by atoms with E-state index in [-0.39, 0.29) is 18.2 Å². The summed E-state index contributed by atoms with van der Waals surface area (Å²) in [6, 6.07) is -0.667. The maximum absolute atomic E-state index is 12.0. The average Bonchev–Trinajstić information content (AvgIpc) is 2.34. The number of carboxylic acid groups (broad SMARTS) is 1.